The Morgan fingerprint density at radius 1 is 1.04 bits per heavy atom. The summed E-state index contributed by atoms with van der Waals surface area (Å²) in [5.74, 6) is 0.741. The van der Waals surface area contributed by atoms with Gasteiger partial charge in [-0.25, -0.2) is 4.68 Å². The summed E-state index contributed by atoms with van der Waals surface area (Å²) in [5.41, 5.74) is 2.38. The lowest BCUT2D eigenvalue weighted by Gasteiger charge is -2.10. The normalized spacial score (nSPS) is 10.6. The molecule has 4 nitrogen and oxygen atoms in total. The van der Waals surface area contributed by atoms with Crippen molar-refractivity contribution in [2.75, 3.05) is 5.32 Å². The number of hydrogen-bond acceptors (Lipinski definition) is 2. The van der Waals surface area contributed by atoms with Gasteiger partial charge in [-0.3, -0.25) is 4.79 Å². The maximum atomic E-state index is 12.2. The van der Waals surface area contributed by atoms with E-state index in [0.717, 1.165) is 28.7 Å². The van der Waals surface area contributed by atoms with Crippen molar-refractivity contribution in [1.29, 1.82) is 0 Å². The average Bonchev–Trinajstić information content (AvgIpc) is 3.04. The minimum absolute atomic E-state index is 0.0183. The zero-order valence-electron chi connectivity index (χ0n) is 13.9. The third kappa shape index (κ3) is 5.03. The minimum Gasteiger partial charge on any atom is -0.311 e. The molecule has 5 heteroatoms. The highest BCUT2D eigenvalue weighted by atomic mass is 79.9. The summed E-state index contributed by atoms with van der Waals surface area (Å²) < 4.78 is 2.83. The molecule has 1 heterocycles. The number of nitrogens with one attached hydrogen (secondary N) is 1. The molecular formula is C20H20BrN3O. The van der Waals surface area contributed by atoms with Gasteiger partial charge in [0.05, 0.1) is 12.7 Å². The molecule has 128 valence electrons. The van der Waals surface area contributed by atoms with Crippen LogP contribution in [0.15, 0.2) is 71.3 Å². The lowest BCUT2D eigenvalue weighted by atomic mass is 10.1. The Balaban J connectivity index is 1.54. The van der Waals surface area contributed by atoms with E-state index in [1.54, 1.807) is 10.9 Å². The first-order valence-corrected chi connectivity index (χ1v) is 9.10. The Morgan fingerprint density at radius 2 is 1.80 bits per heavy atom. The SMILES string of the molecule is O=C(CCCc1ccccc1)Nc1ccnn1Cc1ccccc1Br. The summed E-state index contributed by atoms with van der Waals surface area (Å²) in [5, 5.41) is 7.28. The van der Waals surface area contributed by atoms with Crippen molar-refractivity contribution >= 4 is 27.7 Å². The Morgan fingerprint density at radius 3 is 2.60 bits per heavy atom. The van der Waals surface area contributed by atoms with Gasteiger partial charge in [-0.05, 0) is 30.0 Å². The van der Waals surface area contributed by atoms with E-state index in [0.29, 0.717) is 13.0 Å². The summed E-state index contributed by atoms with van der Waals surface area (Å²) in [6.45, 7) is 0.605. The number of hydrogen-bond donors (Lipinski definition) is 1. The molecule has 0 saturated carbocycles. The smallest absolute Gasteiger partial charge is 0.225 e. The highest BCUT2D eigenvalue weighted by Crippen LogP contribution is 2.19. The number of amides is 1. The first-order valence-electron chi connectivity index (χ1n) is 8.31. The zero-order valence-corrected chi connectivity index (χ0v) is 15.4. The van der Waals surface area contributed by atoms with Gasteiger partial charge in [0, 0.05) is 17.0 Å². The molecule has 0 aliphatic carbocycles. The summed E-state index contributed by atoms with van der Waals surface area (Å²) >= 11 is 3.55. The molecule has 1 aromatic heterocycles. The van der Waals surface area contributed by atoms with Crippen LogP contribution in [0, 0.1) is 0 Å². The van der Waals surface area contributed by atoms with Crippen molar-refractivity contribution in [3.05, 3.63) is 82.5 Å². The van der Waals surface area contributed by atoms with E-state index in [4.69, 9.17) is 0 Å². The third-order valence-corrected chi connectivity index (χ3v) is 4.75. The molecule has 1 amide bonds. The van der Waals surface area contributed by atoms with Crippen molar-refractivity contribution in [3.8, 4) is 0 Å². The quantitative estimate of drug-likeness (QED) is 0.630. The van der Waals surface area contributed by atoms with E-state index < -0.39 is 0 Å². The van der Waals surface area contributed by atoms with Gasteiger partial charge in [-0.1, -0.05) is 64.5 Å². The number of carbonyl (C=O) groups excluding carboxylic acids is 1. The van der Waals surface area contributed by atoms with Crippen LogP contribution in [-0.2, 0) is 17.8 Å². The monoisotopic (exact) mass is 397 g/mol. The Labute approximate surface area is 156 Å². The van der Waals surface area contributed by atoms with Crippen LogP contribution in [0.2, 0.25) is 0 Å². The first-order chi connectivity index (χ1) is 12.2. The number of halogens is 1. The van der Waals surface area contributed by atoms with Crippen molar-refractivity contribution in [2.24, 2.45) is 0 Å². The molecule has 0 aliphatic heterocycles. The maximum Gasteiger partial charge on any atom is 0.225 e. The molecule has 25 heavy (non-hydrogen) atoms. The van der Waals surface area contributed by atoms with Crippen LogP contribution >= 0.6 is 15.9 Å². The molecular weight excluding hydrogens is 378 g/mol. The van der Waals surface area contributed by atoms with Crippen LogP contribution in [-0.4, -0.2) is 15.7 Å². The van der Waals surface area contributed by atoms with Crippen molar-refractivity contribution in [3.63, 3.8) is 0 Å². The van der Waals surface area contributed by atoms with E-state index in [9.17, 15) is 4.79 Å². The number of rotatable bonds is 7. The Kier molecular flexibility index (Phi) is 6.01. The van der Waals surface area contributed by atoms with Crippen LogP contribution in [0.1, 0.15) is 24.0 Å². The molecule has 3 rings (SSSR count). The average molecular weight is 398 g/mol. The minimum atomic E-state index is 0.0183. The van der Waals surface area contributed by atoms with E-state index in [-0.39, 0.29) is 5.91 Å². The third-order valence-electron chi connectivity index (χ3n) is 3.97. The van der Waals surface area contributed by atoms with Gasteiger partial charge in [0.1, 0.15) is 5.82 Å². The number of aryl methyl sites for hydroxylation is 1. The van der Waals surface area contributed by atoms with Gasteiger partial charge in [0.25, 0.3) is 0 Å². The van der Waals surface area contributed by atoms with Crippen molar-refractivity contribution < 1.29 is 4.79 Å². The van der Waals surface area contributed by atoms with Gasteiger partial charge in [-0.2, -0.15) is 5.10 Å². The number of aromatic nitrogens is 2. The summed E-state index contributed by atoms with van der Waals surface area (Å²) in [7, 11) is 0. The molecule has 0 spiro atoms. The van der Waals surface area contributed by atoms with E-state index in [1.807, 2.05) is 48.5 Å². The fourth-order valence-corrected chi connectivity index (χ4v) is 3.07. The predicted molar refractivity (Wildman–Crippen MR) is 103 cm³/mol. The molecule has 2 aromatic carbocycles. The topological polar surface area (TPSA) is 46.9 Å². The van der Waals surface area contributed by atoms with Crippen LogP contribution in [0.5, 0.6) is 0 Å². The molecule has 0 radical (unpaired) electrons. The molecule has 0 saturated heterocycles. The number of carbonyl (C=O) groups is 1. The standard InChI is InChI=1S/C20H20BrN3O/c21-18-11-5-4-10-17(18)15-24-19(13-14-22-24)23-20(25)12-6-9-16-7-2-1-3-8-16/h1-5,7-8,10-11,13-14H,6,9,12,15H2,(H,23,25). The maximum absolute atomic E-state index is 12.2. The number of benzene rings is 2. The van der Waals surface area contributed by atoms with Crippen molar-refractivity contribution in [2.45, 2.75) is 25.8 Å². The zero-order chi connectivity index (χ0) is 17.5. The number of nitrogens with zero attached hydrogens (tertiary/aromatic N) is 2. The molecule has 0 bridgehead atoms. The molecule has 3 aromatic rings. The van der Waals surface area contributed by atoms with Gasteiger partial charge in [0.15, 0.2) is 0 Å². The summed E-state index contributed by atoms with van der Waals surface area (Å²) in [6, 6.07) is 20.1. The van der Waals surface area contributed by atoms with Crippen LogP contribution in [0.4, 0.5) is 5.82 Å². The largest absolute Gasteiger partial charge is 0.311 e. The Hall–Kier alpha value is -2.40. The fraction of sp³-hybridized carbons (Fsp3) is 0.200. The van der Waals surface area contributed by atoms with Crippen LogP contribution in [0.25, 0.3) is 0 Å². The second-order valence-corrected chi connectivity index (χ2v) is 6.71. The predicted octanol–water partition coefficient (Wildman–Crippen LogP) is 4.66. The molecule has 0 unspecified atom stereocenters. The van der Waals surface area contributed by atoms with Crippen LogP contribution < -0.4 is 5.32 Å². The van der Waals surface area contributed by atoms with Gasteiger partial charge < -0.3 is 5.32 Å². The first kappa shape index (κ1) is 17.4. The second-order valence-electron chi connectivity index (χ2n) is 5.85. The van der Waals surface area contributed by atoms with Crippen LogP contribution in [0.3, 0.4) is 0 Å². The molecule has 0 aliphatic rings. The molecule has 0 fully saturated rings. The number of anilines is 1. The van der Waals surface area contributed by atoms with Crippen molar-refractivity contribution in [1.82, 2.24) is 9.78 Å². The summed E-state index contributed by atoms with van der Waals surface area (Å²) in [4.78, 5) is 12.2. The second kappa shape index (κ2) is 8.62. The molecule has 1 N–H and O–H groups in total. The highest BCUT2D eigenvalue weighted by Gasteiger charge is 2.09. The molecule has 0 atom stereocenters. The fourth-order valence-electron chi connectivity index (χ4n) is 2.66. The summed E-state index contributed by atoms with van der Waals surface area (Å²) in [6.07, 6.45) is 3.93. The van der Waals surface area contributed by atoms with E-state index in [1.165, 1.54) is 5.56 Å². The lowest BCUT2D eigenvalue weighted by molar-refractivity contribution is -0.116. The van der Waals surface area contributed by atoms with Gasteiger partial charge >= 0.3 is 0 Å². The van der Waals surface area contributed by atoms with Gasteiger partial charge in [0.2, 0.25) is 5.91 Å². The lowest BCUT2D eigenvalue weighted by Crippen LogP contribution is -2.16. The van der Waals surface area contributed by atoms with Gasteiger partial charge in [-0.15, -0.1) is 0 Å². The highest BCUT2D eigenvalue weighted by molar-refractivity contribution is 9.10. The van der Waals surface area contributed by atoms with E-state index >= 15 is 0 Å². The Bertz CT molecular complexity index is 830. The van der Waals surface area contributed by atoms with E-state index in [2.05, 4.69) is 38.5 Å².